The zero-order chi connectivity index (χ0) is 14.1. The van der Waals surface area contributed by atoms with Gasteiger partial charge in [-0.1, -0.05) is 30.3 Å². The van der Waals surface area contributed by atoms with E-state index in [1.54, 1.807) is 42.5 Å². The molecule has 1 unspecified atom stereocenters. The smallest absolute Gasteiger partial charge is 0.335 e. The average Bonchev–Trinajstić information content (AvgIpc) is 2.76. The number of ether oxygens (including phenoxy) is 1. The highest BCUT2D eigenvalue weighted by Crippen LogP contribution is 2.30. The third kappa shape index (κ3) is 2.05. The van der Waals surface area contributed by atoms with Gasteiger partial charge in [0.15, 0.2) is 6.10 Å². The van der Waals surface area contributed by atoms with E-state index < -0.39 is 12.1 Å². The molecule has 4 nitrogen and oxygen atoms in total. The van der Waals surface area contributed by atoms with Gasteiger partial charge < -0.3 is 9.84 Å². The minimum absolute atomic E-state index is 0.0965. The highest BCUT2D eigenvalue weighted by atomic mass is 16.5. The number of hydrogen-bond donors (Lipinski definition) is 1. The van der Waals surface area contributed by atoms with Gasteiger partial charge in [-0.05, 0) is 23.8 Å². The number of aromatic carboxylic acids is 1. The molecule has 0 saturated carbocycles. The monoisotopic (exact) mass is 268 g/mol. The second-order valence-electron chi connectivity index (χ2n) is 4.63. The second-order valence-corrected chi connectivity index (χ2v) is 4.63. The molecule has 3 rings (SSSR count). The van der Waals surface area contributed by atoms with Crippen LogP contribution < -0.4 is 4.74 Å². The first-order chi connectivity index (χ1) is 9.66. The predicted molar refractivity (Wildman–Crippen MR) is 72.3 cm³/mol. The van der Waals surface area contributed by atoms with Gasteiger partial charge in [-0.25, -0.2) is 4.79 Å². The van der Waals surface area contributed by atoms with Gasteiger partial charge in [-0.3, -0.25) is 4.79 Å². The normalized spacial score (nSPS) is 16.6. The van der Waals surface area contributed by atoms with E-state index in [-0.39, 0.29) is 17.8 Å². The molecular formula is C16H12O4. The van der Waals surface area contributed by atoms with Crippen LogP contribution in [0.1, 0.15) is 26.3 Å². The first-order valence-corrected chi connectivity index (χ1v) is 6.28. The number of hydrogen-bond acceptors (Lipinski definition) is 3. The Kier molecular flexibility index (Phi) is 2.99. The summed E-state index contributed by atoms with van der Waals surface area (Å²) in [5.41, 5.74) is 1.37. The zero-order valence-electron chi connectivity index (χ0n) is 10.6. The number of benzene rings is 2. The number of rotatable bonds is 3. The van der Waals surface area contributed by atoms with Crippen molar-refractivity contribution in [1.82, 2.24) is 0 Å². The standard InChI is InChI=1S/C16H12O4/c17-15-12-7-3-4-8-13(12)20-14(15)9-10-5-1-2-6-11(10)16(18)19/h1-8,14H,9H2,(H,18,19). The summed E-state index contributed by atoms with van der Waals surface area (Å²) in [4.78, 5) is 23.4. The first-order valence-electron chi connectivity index (χ1n) is 6.28. The summed E-state index contributed by atoms with van der Waals surface area (Å²) in [6, 6.07) is 13.7. The molecule has 0 spiro atoms. The van der Waals surface area contributed by atoms with Crippen LogP contribution >= 0.6 is 0 Å². The maximum absolute atomic E-state index is 12.2. The van der Waals surface area contributed by atoms with Crippen LogP contribution in [0.5, 0.6) is 5.75 Å². The van der Waals surface area contributed by atoms with E-state index in [0.29, 0.717) is 16.9 Å². The van der Waals surface area contributed by atoms with E-state index in [2.05, 4.69) is 0 Å². The average molecular weight is 268 g/mol. The molecule has 1 N–H and O–H groups in total. The molecule has 1 atom stereocenters. The van der Waals surface area contributed by atoms with Crippen LogP contribution in [-0.4, -0.2) is 23.0 Å². The molecular weight excluding hydrogens is 256 g/mol. The van der Waals surface area contributed by atoms with Crippen molar-refractivity contribution in [2.45, 2.75) is 12.5 Å². The SMILES string of the molecule is O=C(O)c1ccccc1CC1Oc2ccccc2C1=O. The van der Waals surface area contributed by atoms with Gasteiger partial charge >= 0.3 is 5.97 Å². The van der Waals surface area contributed by atoms with E-state index in [9.17, 15) is 9.59 Å². The second kappa shape index (κ2) is 4.81. The van der Waals surface area contributed by atoms with Gasteiger partial charge in [0.05, 0.1) is 11.1 Å². The Labute approximate surface area is 115 Å². The Morgan fingerprint density at radius 2 is 1.80 bits per heavy atom. The lowest BCUT2D eigenvalue weighted by atomic mass is 9.98. The van der Waals surface area contributed by atoms with Crippen LogP contribution in [-0.2, 0) is 6.42 Å². The molecule has 0 saturated heterocycles. The van der Waals surface area contributed by atoms with Crippen molar-refractivity contribution in [3.63, 3.8) is 0 Å². The topological polar surface area (TPSA) is 63.6 Å². The van der Waals surface area contributed by atoms with Crippen molar-refractivity contribution in [3.8, 4) is 5.75 Å². The Balaban J connectivity index is 1.88. The van der Waals surface area contributed by atoms with Crippen LogP contribution in [0.4, 0.5) is 0 Å². The summed E-state index contributed by atoms with van der Waals surface area (Å²) in [5.74, 6) is -0.528. The Morgan fingerprint density at radius 3 is 2.55 bits per heavy atom. The summed E-state index contributed by atoms with van der Waals surface area (Å²) in [6.45, 7) is 0. The third-order valence-electron chi connectivity index (χ3n) is 3.37. The summed E-state index contributed by atoms with van der Waals surface area (Å²) >= 11 is 0. The highest BCUT2D eigenvalue weighted by molar-refractivity contribution is 6.04. The maximum atomic E-state index is 12.2. The predicted octanol–water partition coefficient (Wildman–Crippen LogP) is 2.57. The number of carboxylic acid groups (broad SMARTS) is 1. The number of carbonyl (C=O) groups excluding carboxylic acids is 1. The molecule has 0 aliphatic carbocycles. The molecule has 0 amide bonds. The lowest BCUT2D eigenvalue weighted by Crippen LogP contribution is -2.24. The van der Waals surface area contributed by atoms with E-state index in [1.165, 1.54) is 6.07 Å². The van der Waals surface area contributed by atoms with Crippen molar-refractivity contribution in [2.75, 3.05) is 0 Å². The fourth-order valence-corrected chi connectivity index (χ4v) is 2.39. The quantitative estimate of drug-likeness (QED) is 0.929. The summed E-state index contributed by atoms with van der Waals surface area (Å²) in [5, 5.41) is 9.15. The number of carbonyl (C=O) groups is 2. The molecule has 0 bridgehead atoms. The van der Waals surface area contributed by atoms with Gasteiger partial charge in [0, 0.05) is 6.42 Å². The molecule has 1 aliphatic rings. The van der Waals surface area contributed by atoms with Crippen molar-refractivity contribution < 1.29 is 19.4 Å². The Morgan fingerprint density at radius 1 is 1.10 bits per heavy atom. The number of Topliss-reactive ketones (excluding diaryl/α,β-unsaturated/α-hetero) is 1. The molecule has 0 aromatic heterocycles. The van der Waals surface area contributed by atoms with Crippen molar-refractivity contribution in [3.05, 3.63) is 65.2 Å². The van der Waals surface area contributed by atoms with Gasteiger partial charge in [-0.2, -0.15) is 0 Å². The molecule has 4 heteroatoms. The van der Waals surface area contributed by atoms with E-state index in [4.69, 9.17) is 9.84 Å². The number of ketones is 1. The lowest BCUT2D eigenvalue weighted by molar-refractivity contribution is 0.0692. The zero-order valence-corrected chi connectivity index (χ0v) is 10.6. The summed E-state index contributed by atoms with van der Waals surface area (Å²) < 4.78 is 5.62. The number of carboxylic acids is 1. The van der Waals surface area contributed by atoms with Crippen molar-refractivity contribution in [2.24, 2.45) is 0 Å². The fraction of sp³-hybridized carbons (Fsp3) is 0.125. The lowest BCUT2D eigenvalue weighted by Gasteiger charge is -2.11. The fourth-order valence-electron chi connectivity index (χ4n) is 2.39. The van der Waals surface area contributed by atoms with Gasteiger partial charge in [-0.15, -0.1) is 0 Å². The molecule has 0 radical (unpaired) electrons. The van der Waals surface area contributed by atoms with E-state index in [1.807, 2.05) is 0 Å². The van der Waals surface area contributed by atoms with Crippen molar-refractivity contribution >= 4 is 11.8 Å². The molecule has 0 fully saturated rings. The number of fused-ring (bicyclic) bond motifs is 1. The van der Waals surface area contributed by atoms with Crippen LogP contribution in [0.25, 0.3) is 0 Å². The van der Waals surface area contributed by atoms with E-state index >= 15 is 0 Å². The van der Waals surface area contributed by atoms with Crippen molar-refractivity contribution in [1.29, 1.82) is 0 Å². The number of para-hydroxylation sites is 1. The Bertz CT molecular complexity index is 690. The summed E-state index contributed by atoms with van der Waals surface area (Å²) in [6.07, 6.45) is -0.386. The molecule has 20 heavy (non-hydrogen) atoms. The minimum Gasteiger partial charge on any atom is -0.481 e. The molecule has 2 aromatic carbocycles. The van der Waals surface area contributed by atoms with Crippen LogP contribution in [0.2, 0.25) is 0 Å². The van der Waals surface area contributed by atoms with Crippen LogP contribution in [0.15, 0.2) is 48.5 Å². The highest BCUT2D eigenvalue weighted by Gasteiger charge is 2.32. The van der Waals surface area contributed by atoms with Gasteiger partial charge in [0.1, 0.15) is 5.75 Å². The summed E-state index contributed by atoms with van der Waals surface area (Å²) in [7, 11) is 0. The molecule has 1 aliphatic heterocycles. The first kappa shape index (κ1) is 12.4. The third-order valence-corrected chi connectivity index (χ3v) is 3.37. The largest absolute Gasteiger partial charge is 0.481 e. The van der Waals surface area contributed by atoms with Crippen LogP contribution in [0.3, 0.4) is 0 Å². The molecule has 1 heterocycles. The van der Waals surface area contributed by atoms with Crippen LogP contribution in [0, 0.1) is 0 Å². The minimum atomic E-state index is -0.997. The molecule has 2 aromatic rings. The van der Waals surface area contributed by atoms with E-state index in [0.717, 1.165) is 0 Å². The molecule has 100 valence electrons. The van der Waals surface area contributed by atoms with Gasteiger partial charge in [0.25, 0.3) is 0 Å². The Hall–Kier alpha value is -2.62. The maximum Gasteiger partial charge on any atom is 0.335 e. The van der Waals surface area contributed by atoms with Gasteiger partial charge in [0.2, 0.25) is 5.78 Å².